The van der Waals surface area contributed by atoms with Gasteiger partial charge in [-0.2, -0.15) is 0 Å². The molecule has 1 amide bonds. The molecule has 0 aliphatic carbocycles. The SMILES string of the molecule is CCc1c(C)sc2nc(S[C@H](C)C(=O)NCc3ccco3)n(-c3cccc(C)c3)c(=O)c12. The summed E-state index contributed by atoms with van der Waals surface area (Å²) >= 11 is 2.82. The molecule has 0 aliphatic heterocycles. The maximum Gasteiger partial charge on any atom is 0.267 e. The highest BCUT2D eigenvalue weighted by Gasteiger charge is 2.23. The van der Waals surface area contributed by atoms with E-state index in [0.717, 1.165) is 32.9 Å². The number of furan rings is 1. The van der Waals surface area contributed by atoms with E-state index in [1.54, 1.807) is 16.9 Å². The molecule has 0 saturated carbocycles. The average Bonchev–Trinajstić information content (AvgIpc) is 3.39. The van der Waals surface area contributed by atoms with Crippen molar-refractivity contribution in [2.45, 2.75) is 51.1 Å². The van der Waals surface area contributed by atoms with Gasteiger partial charge in [0, 0.05) is 4.88 Å². The Morgan fingerprint density at radius 2 is 2.09 bits per heavy atom. The molecule has 32 heavy (non-hydrogen) atoms. The number of fused-ring (bicyclic) bond motifs is 1. The Morgan fingerprint density at radius 3 is 2.78 bits per heavy atom. The summed E-state index contributed by atoms with van der Waals surface area (Å²) in [5, 5.41) is 3.62. The van der Waals surface area contributed by atoms with Crippen LogP contribution in [0.3, 0.4) is 0 Å². The molecular weight excluding hydrogens is 442 g/mol. The van der Waals surface area contributed by atoms with E-state index in [1.165, 1.54) is 23.1 Å². The van der Waals surface area contributed by atoms with Gasteiger partial charge in [0.25, 0.3) is 5.56 Å². The summed E-state index contributed by atoms with van der Waals surface area (Å²) in [7, 11) is 0. The van der Waals surface area contributed by atoms with E-state index in [2.05, 4.69) is 12.2 Å². The minimum Gasteiger partial charge on any atom is -0.467 e. The Kier molecular flexibility index (Phi) is 6.53. The summed E-state index contributed by atoms with van der Waals surface area (Å²) in [6, 6.07) is 11.4. The molecule has 1 N–H and O–H groups in total. The van der Waals surface area contributed by atoms with Crippen LogP contribution in [0, 0.1) is 13.8 Å². The van der Waals surface area contributed by atoms with Crippen LogP contribution in [0.25, 0.3) is 15.9 Å². The number of benzene rings is 1. The molecule has 4 rings (SSSR count). The third kappa shape index (κ3) is 4.38. The predicted octanol–water partition coefficient (Wildman–Crippen LogP) is 5.02. The van der Waals surface area contributed by atoms with Gasteiger partial charge in [-0.25, -0.2) is 4.98 Å². The number of aryl methyl sites for hydroxylation is 3. The highest BCUT2D eigenvalue weighted by Crippen LogP contribution is 2.32. The van der Waals surface area contributed by atoms with Crippen molar-refractivity contribution in [3.8, 4) is 5.69 Å². The molecule has 0 aliphatic rings. The van der Waals surface area contributed by atoms with Gasteiger partial charge in [-0.1, -0.05) is 30.8 Å². The first-order valence-electron chi connectivity index (χ1n) is 10.5. The van der Waals surface area contributed by atoms with Crippen LogP contribution < -0.4 is 10.9 Å². The zero-order valence-corrected chi connectivity index (χ0v) is 20.1. The van der Waals surface area contributed by atoms with Crippen molar-refractivity contribution in [2.75, 3.05) is 0 Å². The lowest BCUT2D eigenvalue weighted by Crippen LogP contribution is -2.31. The predicted molar refractivity (Wildman–Crippen MR) is 130 cm³/mol. The summed E-state index contributed by atoms with van der Waals surface area (Å²) in [6.45, 7) is 8.20. The van der Waals surface area contributed by atoms with Crippen molar-refractivity contribution in [1.82, 2.24) is 14.9 Å². The lowest BCUT2D eigenvalue weighted by molar-refractivity contribution is -0.120. The van der Waals surface area contributed by atoms with Crippen molar-refractivity contribution in [1.29, 1.82) is 0 Å². The number of aromatic nitrogens is 2. The fourth-order valence-corrected chi connectivity index (χ4v) is 5.75. The fraction of sp³-hybridized carbons (Fsp3) is 0.292. The summed E-state index contributed by atoms with van der Waals surface area (Å²) < 4.78 is 6.92. The summed E-state index contributed by atoms with van der Waals surface area (Å²) in [5.41, 5.74) is 2.75. The van der Waals surface area contributed by atoms with Crippen LogP contribution in [0.1, 0.15) is 35.6 Å². The molecule has 3 heterocycles. The lowest BCUT2D eigenvalue weighted by Gasteiger charge is -2.16. The van der Waals surface area contributed by atoms with Crippen molar-refractivity contribution >= 4 is 39.2 Å². The summed E-state index contributed by atoms with van der Waals surface area (Å²) in [6.07, 6.45) is 2.35. The Hall–Kier alpha value is -2.84. The summed E-state index contributed by atoms with van der Waals surface area (Å²) in [4.78, 5) is 33.1. The number of nitrogens with zero attached hydrogens (tertiary/aromatic N) is 2. The van der Waals surface area contributed by atoms with Gasteiger partial charge in [0.15, 0.2) is 5.16 Å². The highest BCUT2D eigenvalue weighted by molar-refractivity contribution is 8.00. The molecule has 0 bridgehead atoms. The van der Waals surface area contributed by atoms with Gasteiger partial charge in [0.05, 0.1) is 29.1 Å². The number of amides is 1. The van der Waals surface area contributed by atoms with Gasteiger partial charge >= 0.3 is 0 Å². The highest BCUT2D eigenvalue weighted by atomic mass is 32.2. The first-order chi connectivity index (χ1) is 15.4. The molecule has 0 radical (unpaired) electrons. The molecule has 0 saturated heterocycles. The largest absolute Gasteiger partial charge is 0.467 e. The van der Waals surface area contributed by atoms with Gasteiger partial charge in [-0.15, -0.1) is 11.3 Å². The average molecular weight is 468 g/mol. The molecule has 6 nitrogen and oxygen atoms in total. The maximum atomic E-state index is 13.7. The first kappa shape index (κ1) is 22.4. The van der Waals surface area contributed by atoms with Crippen molar-refractivity contribution in [2.24, 2.45) is 0 Å². The molecule has 0 unspecified atom stereocenters. The molecule has 3 aromatic heterocycles. The number of nitrogens with one attached hydrogen (secondary N) is 1. The minimum atomic E-state index is -0.447. The topological polar surface area (TPSA) is 77.1 Å². The van der Waals surface area contributed by atoms with E-state index in [0.29, 0.717) is 22.8 Å². The second-order valence-electron chi connectivity index (χ2n) is 7.60. The minimum absolute atomic E-state index is 0.0903. The van der Waals surface area contributed by atoms with Crippen molar-refractivity contribution < 1.29 is 9.21 Å². The number of thioether (sulfide) groups is 1. The number of hydrogen-bond donors (Lipinski definition) is 1. The van der Waals surface area contributed by atoms with Gasteiger partial charge in [0.2, 0.25) is 5.91 Å². The molecule has 1 aromatic carbocycles. The number of thiophene rings is 1. The number of hydrogen-bond acceptors (Lipinski definition) is 6. The van der Waals surface area contributed by atoms with Gasteiger partial charge in [0.1, 0.15) is 10.6 Å². The standard InChI is InChI=1S/C24H25N3O3S2/c1-5-19-15(3)31-22-20(19)23(29)27(17-9-6-8-14(2)12-17)24(26-22)32-16(4)21(28)25-13-18-10-7-11-30-18/h6-12,16H,5,13H2,1-4H3,(H,25,28)/t16-/m1/s1. The van der Waals surface area contributed by atoms with Crippen LogP contribution in [-0.4, -0.2) is 20.7 Å². The zero-order valence-electron chi connectivity index (χ0n) is 18.5. The molecule has 4 aromatic rings. The molecule has 1 atom stereocenters. The van der Waals surface area contributed by atoms with E-state index in [9.17, 15) is 9.59 Å². The second kappa shape index (κ2) is 9.34. The third-order valence-electron chi connectivity index (χ3n) is 5.28. The lowest BCUT2D eigenvalue weighted by atomic mass is 10.1. The quantitative estimate of drug-likeness (QED) is 0.305. The number of carbonyl (C=O) groups is 1. The monoisotopic (exact) mass is 467 g/mol. The van der Waals surface area contributed by atoms with Crippen LogP contribution in [0.5, 0.6) is 0 Å². The van der Waals surface area contributed by atoms with Gasteiger partial charge in [-0.3, -0.25) is 14.2 Å². The van der Waals surface area contributed by atoms with Crippen LogP contribution >= 0.6 is 23.1 Å². The van der Waals surface area contributed by atoms with Crippen LogP contribution in [-0.2, 0) is 17.8 Å². The van der Waals surface area contributed by atoms with Crippen molar-refractivity contribution in [3.63, 3.8) is 0 Å². The zero-order chi connectivity index (χ0) is 22.8. The molecular formula is C24H25N3O3S2. The van der Waals surface area contributed by atoms with E-state index < -0.39 is 5.25 Å². The Balaban J connectivity index is 1.74. The second-order valence-corrected chi connectivity index (χ2v) is 10.1. The normalized spacial score (nSPS) is 12.2. The number of rotatable bonds is 7. The Labute approximate surface area is 194 Å². The maximum absolute atomic E-state index is 13.7. The van der Waals surface area contributed by atoms with Gasteiger partial charge < -0.3 is 9.73 Å². The van der Waals surface area contributed by atoms with Crippen molar-refractivity contribution in [3.05, 3.63) is 74.8 Å². The molecule has 166 valence electrons. The summed E-state index contributed by atoms with van der Waals surface area (Å²) in [5.74, 6) is 0.543. The smallest absolute Gasteiger partial charge is 0.267 e. The fourth-order valence-electron chi connectivity index (χ4n) is 3.64. The van der Waals surface area contributed by atoms with E-state index in [1.807, 2.05) is 51.1 Å². The first-order valence-corrected chi connectivity index (χ1v) is 12.2. The van der Waals surface area contributed by atoms with Crippen LogP contribution in [0.2, 0.25) is 0 Å². The van der Waals surface area contributed by atoms with E-state index in [4.69, 9.17) is 9.40 Å². The van der Waals surface area contributed by atoms with Crippen LogP contribution in [0.4, 0.5) is 0 Å². The van der Waals surface area contributed by atoms with E-state index >= 15 is 0 Å². The Bertz CT molecular complexity index is 1320. The number of carbonyl (C=O) groups excluding carboxylic acids is 1. The van der Waals surface area contributed by atoms with Gasteiger partial charge in [-0.05, 0) is 62.6 Å². The van der Waals surface area contributed by atoms with E-state index in [-0.39, 0.29) is 11.5 Å². The molecule has 0 spiro atoms. The Morgan fingerprint density at radius 1 is 1.28 bits per heavy atom. The third-order valence-corrected chi connectivity index (χ3v) is 7.37. The van der Waals surface area contributed by atoms with Crippen LogP contribution in [0.15, 0.2) is 57.0 Å². The molecule has 0 fully saturated rings. The molecule has 8 heteroatoms.